The largest absolute Gasteiger partial charge is 0.357 e. The van der Waals surface area contributed by atoms with Crippen molar-refractivity contribution in [3.63, 3.8) is 0 Å². The number of hydrogen-bond donors (Lipinski definition) is 1. The Labute approximate surface area is 130 Å². The van der Waals surface area contributed by atoms with Crippen LogP contribution < -0.4 is 10.2 Å². The van der Waals surface area contributed by atoms with E-state index in [2.05, 4.69) is 39.0 Å². The number of pyridine rings is 1. The Morgan fingerprint density at radius 3 is 2.59 bits per heavy atom. The van der Waals surface area contributed by atoms with Crippen LogP contribution in [-0.4, -0.2) is 28.0 Å². The van der Waals surface area contributed by atoms with Crippen molar-refractivity contribution >= 4 is 28.4 Å². The molecule has 0 atom stereocenters. The third kappa shape index (κ3) is 2.83. The standard InChI is InChI=1S/C17H19N5/c1-3-22(4-2)15-10-12-19-17(21-15)20-14-9-5-7-13-8-6-11-18-16(13)14/h5-12H,3-4H2,1-2H3,(H,19,20,21). The predicted molar refractivity (Wildman–Crippen MR) is 90.6 cm³/mol. The van der Waals surface area contributed by atoms with E-state index in [1.807, 2.05) is 36.4 Å². The first kappa shape index (κ1) is 14.3. The molecule has 2 heterocycles. The summed E-state index contributed by atoms with van der Waals surface area (Å²) >= 11 is 0. The van der Waals surface area contributed by atoms with Gasteiger partial charge in [0, 0.05) is 30.9 Å². The van der Waals surface area contributed by atoms with Gasteiger partial charge in [0.15, 0.2) is 0 Å². The maximum absolute atomic E-state index is 4.59. The first-order valence-corrected chi connectivity index (χ1v) is 7.50. The summed E-state index contributed by atoms with van der Waals surface area (Å²) in [5.74, 6) is 1.51. The second-order valence-corrected chi connectivity index (χ2v) is 4.92. The molecule has 3 aromatic rings. The van der Waals surface area contributed by atoms with Crippen LogP contribution in [0.25, 0.3) is 10.9 Å². The summed E-state index contributed by atoms with van der Waals surface area (Å²) in [4.78, 5) is 15.5. The number of fused-ring (bicyclic) bond motifs is 1. The average Bonchev–Trinajstić information content (AvgIpc) is 2.57. The van der Waals surface area contributed by atoms with E-state index < -0.39 is 0 Å². The highest BCUT2D eigenvalue weighted by Gasteiger charge is 2.07. The molecule has 112 valence electrons. The molecule has 0 aliphatic heterocycles. The summed E-state index contributed by atoms with van der Waals surface area (Å²) < 4.78 is 0. The molecule has 0 aliphatic carbocycles. The molecular formula is C17H19N5. The molecule has 0 aliphatic rings. The number of benzene rings is 1. The van der Waals surface area contributed by atoms with Crippen molar-refractivity contribution in [2.45, 2.75) is 13.8 Å². The lowest BCUT2D eigenvalue weighted by Crippen LogP contribution is -2.23. The zero-order valence-electron chi connectivity index (χ0n) is 12.8. The molecule has 5 nitrogen and oxygen atoms in total. The highest BCUT2D eigenvalue weighted by atomic mass is 15.2. The van der Waals surface area contributed by atoms with E-state index in [-0.39, 0.29) is 0 Å². The molecule has 2 aromatic heterocycles. The Bertz CT molecular complexity index is 762. The lowest BCUT2D eigenvalue weighted by molar-refractivity contribution is 0.843. The summed E-state index contributed by atoms with van der Waals surface area (Å²) in [5, 5.41) is 4.37. The summed E-state index contributed by atoms with van der Waals surface area (Å²) in [6.45, 7) is 6.08. The zero-order chi connectivity index (χ0) is 15.4. The maximum Gasteiger partial charge on any atom is 0.229 e. The normalized spacial score (nSPS) is 10.6. The quantitative estimate of drug-likeness (QED) is 0.778. The fourth-order valence-corrected chi connectivity index (χ4v) is 2.46. The Balaban J connectivity index is 1.94. The molecule has 0 saturated carbocycles. The third-order valence-corrected chi connectivity index (χ3v) is 3.61. The van der Waals surface area contributed by atoms with E-state index in [0.717, 1.165) is 35.5 Å². The van der Waals surface area contributed by atoms with Crippen LogP contribution in [0.2, 0.25) is 0 Å². The van der Waals surface area contributed by atoms with E-state index in [9.17, 15) is 0 Å². The van der Waals surface area contributed by atoms with E-state index in [1.165, 1.54) is 0 Å². The Hall–Kier alpha value is -2.69. The van der Waals surface area contributed by atoms with E-state index in [1.54, 1.807) is 12.4 Å². The molecule has 0 unspecified atom stereocenters. The molecule has 22 heavy (non-hydrogen) atoms. The minimum atomic E-state index is 0.586. The van der Waals surface area contributed by atoms with Gasteiger partial charge in [0.25, 0.3) is 0 Å². The summed E-state index contributed by atoms with van der Waals surface area (Å²) in [6, 6.07) is 11.9. The van der Waals surface area contributed by atoms with Crippen LogP contribution in [0, 0.1) is 0 Å². The number of rotatable bonds is 5. The smallest absolute Gasteiger partial charge is 0.229 e. The number of hydrogen-bond acceptors (Lipinski definition) is 5. The van der Waals surface area contributed by atoms with Gasteiger partial charge in [0.2, 0.25) is 5.95 Å². The van der Waals surface area contributed by atoms with Crippen LogP contribution in [0.1, 0.15) is 13.8 Å². The SMILES string of the molecule is CCN(CC)c1ccnc(Nc2cccc3cccnc23)n1. The third-order valence-electron chi connectivity index (χ3n) is 3.61. The van der Waals surface area contributed by atoms with Crippen LogP contribution in [-0.2, 0) is 0 Å². The first-order chi connectivity index (χ1) is 10.8. The van der Waals surface area contributed by atoms with Gasteiger partial charge in [-0.2, -0.15) is 4.98 Å². The second kappa shape index (κ2) is 6.39. The number of aromatic nitrogens is 3. The average molecular weight is 293 g/mol. The second-order valence-electron chi connectivity index (χ2n) is 4.92. The molecule has 0 saturated heterocycles. The highest BCUT2D eigenvalue weighted by molar-refractivity contribution is 5.91. The molecule has 3 rings (SSSR count). The minimum Gasteiger partial charge on any atom is -0.357 e. The van der Waals surface area contributed by atoms with Crippen LogP contribution >= 0.6 is 0 Å². The van der Waals surface area contributed by atoms with Gasteiger partial charge in [-0.1, -0.05) is 18.2 Å². The number of nitrogens with one attached hydrogen (secondary N) is 1. The van der Waals surface area contributed by atoms with Gasteiger partial charge in [-0.3, -0.25) is 4.98 Å². The molecule has 5 heteroatoms. The molecule has 0 bridgehead atoms. The van der Waals surface area contributed by atoms with Gasteiger partial charge < -0.3 is 10.2 Å². The molecule has 0 radical (unpaired) electrons. The summed E-state index contributed by atoms with van der Waals surface area (Å²) in [6.07, 6.45) is 3.57. The number of para-hydroxylation sites is 1. The van der Waals surface area contributed by atoms with Gasteiger partial charge in [-0.05, 0) is 32.0 Å². The summed E-state index contributed by atoms with van der Waals surface area (Å²) in [7, 11) is 0. The fourth-order valence-electron chi connectivity index (χ4n) is 2.46. The van der Waals surface area contributed by atoms with Crippen molar-refractivity contribution in [3.05, 3.63) is 48.8 Å². The van der Waals surface area contributed by atoms with Crippen molar-refractivity contribution in [3.8, 4) is 0 Å². The van der Waals surface area contributed by atoms with Crippen LogP contribution in [0.15, 0.2) is 48.8 Å². The molecule has 1 aromatic carbocycles. The van der Waals surface area contributed by atoms with Crippen LogP contribution in [0.5, 0.6) is 0 Å². The van der Waals surface area contributed by atoms with Gasteiger partial charge in [0.05, 0.1) is 11.2 Å². The highest BCUT2D eigenvalue weighted by Crippen LogP contribution is 2.23. The number of anilines is 3. The fraction of sp³-hybridized carbons (Fsp3) is 0.235. The lowest BCUT2D eigenvalue weighted by Gasteiger charge is -2.20. The van der Waals surface area contributed by atoms with E-state index in [4.69, 9.17) is 0 Å². The van der Waals surface area contributed by atoms with Gasteiger partial charge >= 0.3 is 0 Å². The van der Waals surface area contributed by atoms with Crippen LogP contribution in [0.3, 0.4) is 0 Å². The van der Waals surface area contributed by atoms with Crippen molar-refractivity contribution < 1.29 is 0 Å². The van der Waals surface area contributed by atoms with Crippen molar-refractivity contribution in [2.24, 2.45) is 0 Å². The van der Waals surface area contributed by atoms with Crippen molar-refractivity contribution in [1.82, 2.24) is 15.0 Å². The Morgan fingerprint density at radius 2 is 1.77 bits per heavy atom. The van der Waals surface area contributed by atoms with E-state index in [0.29, 0.717) is 5.95 Å². The van der Waals surface area contributed by atoms with Crippen LogP contribution in [0.4, 0.5) is 17.5 Å². The van der Waals surface area contributed by atoms with Gasteiger partial charge in [-0.15, -0.1) is 0 Å². The first-order valence-electron chi connectivity index (χ1n) is 7.50. The van der Waals surface area contributed by atoms with Crippen molar-refractivity contribution in [1.29, 1.82) is 0 Å². The molecule has 0 fully saturated rings. The molecule has 1 N–H and O–H groups in total. The van der Waals surface area contributed by atoms with Gasteiger partial charge in [-0.25, -0.2) is 4.98 Å². The number of nitrogens with zero attached hydrogens (tertiary/aromatic N) is 4. The van der Waals surface area contributed by atoms with Gasteiger partial charge in [0.1, 0.15) is 5.82 Å². The zero-order valence-corrected chi connectivity index (χ0v) is 12.8. The Morgan fingerprint density at radius 1 is 0.955 bits per heavy atom. The summed E-state index contributed by atoms with van der Waals surface area (Å²) in [5.41, 5.74) is 1.83. The monoisotopic (exact) mass is 293 g/mol. The maximum atomic E-state index is 4.59. The molecule has 0 spiro atoms. The molecule has 0 amide bonds. The lowest BCUT2D eigenvalue weighted by atomic mass is 10.2. The van der Waals surface area contributed by atoms with E-state index >= 15 is 0 Å². The minimum absolute atomic E-state index is 0.586. The topological polar surface area (TPSA) is 53.9 Å². The predicted octanol–water partition coefficient (Wildman–Crippen LogP) is 3.61. The Kier molecular flexibility index (Phi) is 4.14. The molecular weight excluding hydrogens is 274 g/mol. The van der Waals surface area contributed by atoms with Crippen molar-refractivity contribution in [2.75, 3.05) is 23.3 Å².